The summed E-state index contributed by atoms with van der Waals surface area (Å²) >= 11 is 1.78. The molecule has 2 heterocycles. The second-order valence-corrected chi connectivity index (χ2v) is 11.9. The molecule has 5 rings (SSSR count). The molecule has 0 aliphatic carbocycles. The number of anilines is 1. The molecule has 1 saturated heterocycles. The molecule has 0 bridgehead atoms. The molecule has 3 aromatic rings. The molecular weight excluding hydrogens is 564 g/mol. The van der Waals surface area contributed by atoms with Gasteiger partial charge >= 0.3 is 5.97 Å². The third kappa shape index (κ3) is 6.94. The van der Waals surface area contributed by atoms with E-state index in [-0.39, 0.29) is 25.2 Å². The van der Waals surface area contributed by atoms with Crippen molar-refractivity contribution in [3.05, 3.63) is 82.9 Å². The zero-order valence-corrected chi connectivity index (χ0v) is 25.8. The number of fused-ring (bicyclic) bond motifs is 1. The Bertz CT molecular complexity index is 1410. The summed E-state index contributed by atoms with van der Waals surface area (Å²) in [6.07, 6.45) is 4.63. The number of likely N-dealkylation sites (tertiary alicyclic amines) is 1. The SMILES string of the molecule is CCc1cccc(CC)c1NC(=O)CN1C[C@H](c2ccc3c(c2)OCO3)[C@@H](C(=O)O)[C@@H]1c1ccc(OCCCSC)cc1. The molecule has 2 aliphatic rings. The van der Waals surface area contributed by atoms with Crippen LogP contribution in [0.4, 0.5) is 5.69 Å². The fourth-order valence-electron chi connectivity index (χ4n) is 6.19. The lowest BCUT2D eigenvalue weighted by Crippen LogP contribution is -2.35. The fourth-order valence-corrected chi connectivity index (χ4v) is 6.60. The molecule has 3 atom stereocenters. The van der Waals surface area contributed by atoms with Gasteiger partial charge in [0.05, 0.1) is 19.1 Å². The van der Waals surface area contributed by atoms with E-state index >= 15 is 0 Å². The molecule has 9 heteroatoms. The Balaban J connectivity index is 1.44. The fraction of sp³-hybridized carbons (Fsp3) is 0.412. The summed E-state index contributed by atoms with van der Waals surface area (Å²) in [6.45, 7) is 5.38. The van der Waals surface area contributed by atoms with Crippen molar-refractivity contribution in [1.82, 2.24) is 4.90 Å². The Morgan fingerprint density at radius 3 is 2.37 bits per heavy atom. The topological polar surface area (TPSA) is 97.3 Å². The van der Waals surface area contributed by atoms with Crippen LogP contribution < -0.4 is 19.5 Å². The number of amides is 1. The minimum Gasteiger partial charge on any atom is -0.494 e. The molecule has 0 unspecified atom stereocenters. The van der Waals surface area contributed by atoms with Crippen LogP contribution in [0.3, 0.4) is 0 Å². The monoisotopic (exact) mass is 604 g/mol. The molecule has 0 saturated carbocycles. The van der Waals surface area contributed by atoms with E-state index in [1.165, 1.54) is 0 Å². The van der Waals surface area contributed by atoms with Crippen LogP contribution in [0.15, 0.2) is 60.7 Å². The van der Waals surface area contributed by atoms with Gasteiger partial charge in [0.2, 0.25) is 12.7 Å². The number of carboxylic acid groups (broad SMARTS) is 1. The van der Waals surface area contributed by atoms with Crippen LogP contribution in [-0.2, 0) is 22.4 Å². The summed E-state index contributed by atoms with van der Waals surface area (Å²) in [5, 5.41) is 13.8. The summed E-state index contributed by atoms with van der Waals surface area (Å²) in [5.74, 6) is 0.826. The zero-order chi connectivity index (χ0) is 30.3. The van der Waals surface area contributed by atoms with Gasteiger partial charge in [-0.25, -0.2) is 0 Å². The first-order chi connectivity index (χ1) is 20.9. The number of nitrogens with zero attached hydrogens (tertiary/aromatic N) is 1. The van der Waals surface area contributed by atoms with Crippen LogP contribution in [0.5, 0.6) is 17.2 Å². The predicted molar refractivity (Wildman–Crippen MR) is 170 cm³/mol. The molecule has 1 amide bonds. The molecule has 43 heavy (non-hydrogen) atoms. The minimum absolute atomic E-state index is 0.0592. The summed E-state index contributed by atoms with van der Waals surface area (Å²) in [4.78, 5) is 28.6. The van der Waals surface area contributed by atoms with E-state index < -0.39 is 17.9 Å². The van der Waals surface area contributed by atoms with Gasteiger partial charge in [0.1, 0.15) is 5.75 Å². The molecule has 2 N–H and O–H groups in total. The van der Waals surface area contributed by atoms with Gasteiger partial charge in [0, 0.05) is 24.2 Å². The normalized spacial score (nSPS) is 19.4. The van der Waals surface area contributed by atoms with E-state index in [1.54, 1.807) is 11.8 Å². The first-order valence-corrected chi connectivity index (χ1v) is 16.3. The van der Waals surface area contributed by atoms with Crippen molar-refractivity contribution in [2.45, 2.75) is 45.1 Å². The highest BCUT2D eigenvalue weighted by molar-refractivity contribution is 7.98. The van der Waals surface area contributed by atoms with Gasteiger partial charge in [-0.05, 0) is 77.8 Å². The van der Waals surface area contributed by atoms with Crippen molar-refractivity contribution in [1.29, 1.82) is 0 Å². The average molecular weight is 605 g/mol. The Morgan fingerprint density at radius 2 is 1.70 bits per heavy atom. The third-order valence-electron chi connectivity index (χ3n) is 8.30. The van der Waals surface area contributed by atoms with Gasteiger partial charge < -0.3 is 24.6 Å². The maximum Gasteiger partial charge on any atom is 0.309 e. The molecule has 0 radical (unpaired) electrons. The van der Waals surface area contributed by atoms with E-state index in [9.17, 15) is 14.7 Å². The van der Waals surface area contributed by atoms with E-state index in [0.717, 1.165) is 58.7 Å². The molecule has 0 spiro atoms. The summed E-state index contributed by atoms with van der Waals surface area (Å²) in [6, 6.07) is 18.8. The first-order valence-electron chi connectivity index (χ1n) is 14.9. The molecule has 2 aliphatic heterocycles. The smallest absolute Gasteiger partial charge is 0.309 e. The van der Waals surface area contributed by atoms with Gasteiger partial charge in [-0.1, -0.05) is 50.2 Å². The van der Waals surface area contributed by atoms with Crippen molar-refractivity contribution in [2.24, 2.45) is 5.92 Å². The zero-order valence-electron chi connectivity index (χ0n) is 25.0. The van der Waals surface area contributed by atoms with Crippen molar-refractivity contribution in [3.63, 3.8) is 0 Å². The second kappa shape index (κ2) is 14.2. The van der Waals surface area contributed by atoms with Crippen molar-refractivity contribution < 1.29 is 28.9 Å². The second-order valence-electron chi connectivity index (χ2n) is 10.9. The molecule has 3 aromatic carbocycles. The van der Waals surface area contributed by atoms with Gasteiger partial charge in [-0.15, -0.1) is 0 Å². The first kappa shape index (κ1) is 30.8. The Labute approximate surface area is 257 Å². The number of nitrogens with one attached hydrogen (secondary N) is 1. The molecule has 8 nitrogen and oxygen atoms in total. The van der Waals surface area contributed by atoms with Gasteiger partial charge in [0.25, 0.3) is 0 Å². The number of aliphatic carboxylic acids is 1. The highest BCUT2D eigenvalue weighted by Gasteiger charge is 2.48. The summed E-state index contributed by atoms with van der Waals surface area (Å²) in [5.41, 5.74) is 4.71. The van der Waals surface area contributed by atoms with Gasteiger partial charge in [-0.2, -0.15) is 11.8 Å². The number of aryl methyl sites for hydroxylation is 2. The van der Waals surface area contributed by atoms with E-state index in [4.69, 9.17) is 14.2 Å². The van der Waals surface area contributed by atoms with E-state index in [0.29, 0.717) is 24.7 Å². The van der Waals surface area contributed by atoms with Crippen LogP contribution in [0.1, 0.15) is 54.5 Å². The lowest BCUT2D eigenvalue weighted by molar-refractivity contribution is -0.143. The Hall–Kier alpha value is -3.69. The molecule has 228 valence electrons. The quantitative estimate of drug-likeness (QED) is 0.224. The van der Waals surface area contributed by atoms with Gasteiger partial charge in [0.15, 0.2) is 11.5 Å². The molecular formula is C34H40N2O6S. The number of carbonyl (C=O) groups is 2. The number of benzene rings is 3. The largest absolute Gasteiger partial charge is 0.494 e. The standard InChI is InChI=1S/C34H40N2O6S/c1-4-22-8-6-9-23(5-2)32(22)35-30(37)20-36-19-27(25-12-15-28-29(18-25)42-21-41-28)31(34(38)39)33(36)24-10-13-26(14-11-24)40-16-7-17-43-3/h6,8-15,18,27,31,33H,4-5,7,16-17,19-21H2,1-3H3,(H,35,37)(H,38,39)/t27-,31-,33+/m1/s1. The van der Waals surface area contributed by atoms with E-state index in [1.807, 2.05) is 65.6 Å². The van der Waals surface area contributed by atoms with Crippen LogP contribution in [-0.4, -0.2) is 60.4 Å². The summed E-state index contributed by atoms with van der Waals surface area (Å²) < 4.78 is 17.0. The predicted octanol–water partition coefficient (Wildman–Crippen LogP) is 6.15. The highest BCUT2D eigenvalue weighted by Crippen LogP contribution is 2.47. The van der Waals surface area contributed by atoms with Crippen LogP contribution in [0.25, 0.3) is 0 Å². The minimum atomic E-state index is -0.905. The number of para-hydroxylation sites is 1. The molecule has 0 aromatic heterocycles. The lowest BCUT2D eigenvalue weighted by atomic mass is 9.82. The number of hydrogen-bond donors (Lipinski definition) is 2. The molecule has 1 fully saturated rings. The highest BCUT2D eigenvalue weighted by atomic mass is 32.2. The van der Waals surface area contributed by atoms with Crippen LogP contribution >= 0.6 is 11.8 Å². The Morgan fingerprint density at radius 1 is 1.00 bits per heavy atom. The van der Waals surface area contributed by atoms with E-state index in [2.05, 4.69) is 25.4 Å². The number of hydrogen-bond acceptors (Lipinski definition) is 7. The third-order valence-corrected chi connectivity index (χ3v) is 9.00. The number of thioether (sulfide) groups is 1. The summed E-state index contributed by atoms with van der Waals surface area (Å²) in [7, 11) is 0. The van der Waals surface area contributed by atoms with Crippen LogP contribution in [0, 0.1) is 5.92 Å². The number of rotatable bonds is 13. The maximum atomic E-state index is 13.6. The lowest BCUT2D eigenvalue weighted by Gasteiger charge is -2.27. The number of carboxylic acids is 1. The number of carbonyl (C=O) groups excluding carboxylic acids is 1. The number of ether oxygens (including phenoxy) is 3. The van der Waals surface area contributed by atoms with Crippen molar-refractivity contribution in [2.75, 3.05) is 43.8 Å². The van der Waals surface area contributed by atoms with Crippen molar-refractivity contribution >= 4 is 29.3 Å². The van der Waals surface area contributed by atoms with Crippen molar-refractivity contribution in [3.8, 4) is 17.2 Å². The maximum absolute atomic E-state index is 13.6. The van der Waals surface area contributed by atoms with Crippen LogP contribution in [0.2, 0.25) is 0 Å². The Kier molecular flexibility index (Phi) is 10.1. The average Bonchev–Trinajstić information content (AvgIpc) is 3.64. The van der Waals surface area contributed by atoms with Gasteiger partial charge in [-0.3, -0.25) is 14.5 Å².